The quantitative estimate of drug-likeness (QED) is 0.163. The molecule has 7 aromatic rings. The fourth-order valence-corrected chi connectivity index (χ4v) is 16.6. The van der Waals surface area contributed by atoms with Crippen molar-refractivity contribution in [3.63, 3.8) is 0 Å². The zero-order valence-electron chi connectivity index (χ0n) is 50.5. The van der Waals surface area contributed by atoms with Crippen LogP contribution >= 0.6 is 0 Å². The third-order valence-electron chi connectivity index (χ3n) is 21.2. The number of benzene rings is 7. The van der Waals surface area contributed by atoms with E-state index in [4.69, 9.17) is 0 Å². The predicted molar refractivity (Wildman–Crippen MR) is 337 cm³/mol. The van der Waals surface area contributed by atoms with Crippen molar-refractivity contribution in [1.82, 2.24) is 0 Å². The summed E-state index contributed by atoms with van der Waals surface area (Å²) >= 11 is 0. The van der Waals surface area contributed by atoms with E-state index >= 15 is 0 Å². The minimum absolute atomic E-state index is 0.00438. The molecule has 1 fully saturated rings. The molecule has 1 saturated carbocycles. The second-order valence-corrected chi connectivity index (χ2v) is 30.4. The van der Waals surface area contributed by atoms with Crippen LogP contribution in [0.3, 0.4) is 0 Å². The SMILES string of the molecule is Cc1cc2c3c(c1)N(c1ccc(C(C)(C)C)cc1-c1ccccc1)c1cc(N4c5ccc(C(C)(C)C)cc5C5(C)CCCCC45C)ccc1B3c1cc3c(cc1N2c1ccc2c(c1)C(C)(C)CCC2(C)C)C(C)(C)CC3(C)C. The minimum Gasteiger partial charge on any atom is -0.334 e. The number of nitrogens with zero attached hydrogens (tertiary/aromatic N) is 3. The van der Waals surface area contributed by atoms with Crippen molar-refractivity contribution in [1.29, 1.82) is 0 Å². The van der Waals surface area contributed by atoms with Gasteiger partial charge in [0.2, 0.25) is 0 Å². The van der Waals surface area contributed by atoms with Gasteiger partial charge in [0, 0.05) is 50.8 Å². The molecule has 3 aliphatic carbocycles. The fraction of sp³-hybridized carbons (Fsp3) is 0.432. The summed E-state index contributed by atoms with van der Waals surface area (Å²) in [6.45, 7) is 41.6. The van der Waals surface area contributed by atoms with E-state index in [1.54, 1.807) is 0 Å². The molecule has 0 N–H and O–H groups in total. The monoisotopic (exact) mass is 1030 g/mol. The molecule has 0 spiro atoms. The van der Waals surface area contributed by atoms with Gasteiger partial charge in [0.1, 0.15) is 0 Å². The standard InChI is InChI=1S/C74H86BN3/c1-46-37-64-66-65(38-46)77(60-31-25-48(67(2,3)4)39-52(60)47-23-19-18-20-24-47)62-42-51(78-61-32-26-49(68(5,6)7)40-57(61)73(16)33-21-22-34-74(73,78)17)28-30-58(62)75(66)59-43-55-56(72(14,15)45-71(55,12)13)44-63(59)76(64)50-27-29-53-54(41-50)70(10,11)36-35-69(53,8)9/h18-20,23-32,37-44H,21-22,33-36,45H2,1-17H3. The topological polar surface area (TPSA) is 9.72 Å². The molecule has 0 amide bonds. The number of anilines is 8. The van der Waals surface area contributed by atoms with Gasteiger partial charge in [0.25, 0.3) is 6.71 Å². The van der Waals surface area contributed by atoms with Crippen LogP contribution in [0, 0.1) is 6.92 Å². The maximum Gasteiger partial charge on any atom is 0.252 e. The summed E-state index contributed by atoms with van der Waals surface area (Å²) in [7, 11) is 0. The lowest BCUT2D eigenvalue weighted by atomic mass is 9.33. The maximum absolute atomic E-state index is 2.82. The third-order valence-corrected chi connectivity index (χ3v) is 21.2. The molecule has 2 atom stereocenters. The van der Waals surface area contributed by atoms with Gasteiger partial charge in [-0.25, -0.2) is 0 Å². The van der Waals surface area contributed by atoms with Crippen LogP contribution in [0.15, 0.2) is 127 Å². The maximum atomic E-state index is 2.82. The Morgan fingerprint density at radius 2 is 1.00 bits per heavy atom. The molecule has 3 nitrogen and oxygen atoms in total. The number of hydrogen-bond acceptors (Lipinski definition) is 3. The lowest BCUT2D eigenvalue weighted by Gasteiger charge is -2.51. The van der Waals surface area contributed by atoms with Crippen molar-refractivity contribution in [2.45, 2.75) is 206 Å². The Bertz CT molecular complexity index is 3650. The normalized spacial score (nSPS) is 22.7. The van der Waals surface area contributed by atoms with Gasteiger partial charge in [0.15, 0.2) is 0 Å². The third kappa shape index (κ3) is 7.35. The van der Waals surface area contributed by atoms with E-state index in [0.29, 0.717) is 0 Å². The van der Waals surface area contributed by atoms with E-state index in [0.717, 1.165) is 12.8 Å². The average Bonchev–Trinajstić information content (AvgIpc) is 2.36. The number of aryl methyl sites for hydroxylation is 1. The minimum atomic E-state index is -0.0986. The van der Waals surface area contributed by atoms with Crippen LogP contribution in [0.5, 0.6) is 0 Å². The molecule has 3 heterocycles. The first-order valence-corrected chi connectivity index (χ1v) is 29.9. The first-order valence-electron chi connectivity index (χ1n) is 29.9. The van der Waals surface area contributed by atoms with E-state index < -0.39 is 0 Å². The summed E-state index contributed by atoms with van der Waals surface area (Å²) in [6, 6.07) is 51.9. The Hall–Kier alpha value is -6.00. The van der Waals surface area contributed by atoms with Crippen LogP contribution in [0.2, 0.25) is 0 Å². The largest absolute Gasteiger partial charge is 0.334 e. The molecule has 0 aromatic heterocycles. The number of hydrogen-bond donors (Lipinski definition) is 0. The van der Waals surface area contributed by atoms with E-state index in [1.807, 2.05) is 0 Å². The second kappa shape index (κ2) is 16.5. The summed E-state index contributed by atoms with van der Waals surface area (Å²) in [5.41, 5.74) is 28.8. The summed E-state index contributed by atoms with van der Waals surface area (Å²) in [6.07, 6.45) is 8.35. The van der Waals surface area contributed by atoms with Crippen molar-refractivity contribution >= 4 is 68.6 Å². The van der Waals surface area contributed by atoms with Gasteiger partial charge >= 0.3 is 0 Å². The van der Waals surface area contributed by atoms with Crippen molar-refractivity contribution in [2.24, 2.45) is 0 Å². The Morgan fingerprint density at radius 3 is 1.68 bits per heavy atom. The highest BCUT2D eigenvalue weighted by atomic mass is 15.3. The molecule has 0 bridgehead atoms. The van der Waals surface area contributed by atoms with Crippen LogP contribution < -0.4 is 31.1 Å². The molecule has 0 saturated heterocycles. The molecule has 0 radical (unpaired) electrons. The average molecular weight is 1030 g/mol. The van der Waals surface area contributed by atoms with Crippen molar-refractivity contribution in [2.75, 3.05) is 14.7 Å². The predicted octanol–water partition coefficient (Wildman–Crippen LogP) is 18.4. The summed E-state index contributed by atoms with van der Waals surface area (Å²) < 4.78 is 0. The van der Waals surface area contributed by atoms with Crippen LogP contribution in [0.1, 0.15) is 200 Å². The molecular weight excluding hydrogens is 942 g/mol. The summed E-state index contributed by atoms with van der Waals surface area (Å²) in [5, 5.41) is 0. The molecule has 7 aromatic carbocycles. The highest BCUT2D eigenvalue weighted by molar-refractivity contribution is 7.00. The molecule has 13 rings (SSSR count). The van der Waals surface area contributed by atoms with Crippen LogP contribution in [0.25, 0.3) is 11.1 Å². The molecule has 78 heavy (non-hydrogen) atoms. The van der Waals surface area contributed by atoms with E-state index in [-0.39, 0.29) is 50.2 Å². The second-order valence-electron chi connectivity index (χ2n) is 30.4. The summed E-state index contributed by atoms with van der Waals surface area (Å²) in [5.74, 6) is 0. The smallest absolute Gasteiger partial charge is 0.252 e. The first kappa shape index (κ1) is 51.4. The van der Waals surface area contributed by atoms with E-state index in [9.17, 15) is 0 Å². The van der Waals surface area contributed by atoms with Gasteiger partial charge in [-0.05, 0) is 206 Å². The Labute approximate surface area is 470 Å². The molecule has 2 unspecified atom stereocenters. The molecule has 6 aliphatic rings. The van der Waals surface area contributed by atoms with Crippen LogP contribution in [-0.2, 0) is 37.9 Å². The Morgan fingerprint density at radius 1 is 0.423 bits per heavy atom. The van der Waals surface area contributed by atoms with Gasteiger partial charge < -0.3 is 14.7 Å². The molecule has 4 heteroatoms. The zero-order chi connectivity index (χ0) is 55.2. The van der Waals surface area contributed by atoms with Gasteiger partial charge in [-0.15, -0.1) is 0 Å². The summed E-state index contributed by atoms with van der Waals surface area (Å²) in [4.78, 5) is 8.25. The highest BCUT2D eigenvalue weighted by Crippen LogP contribution is 2.62. The lowest BCUT2D eigenvalue weighted by Crippen LogP contribution is -2.61. The Balaban J connectivity index is 1.13. The van der Waals surface area contributed by atoms with Gasteiger partial charge in [-0.1, -0.05) is 183 Å². The Kier molecular flexibility index (Phi) is 10.9. The van der Waals surface area contributed by atoms with Gasteiger partial charge in [-0.2, -0.15) is 0 Å². The van der Waals surface area contributed by atoms with Crippen molar-refractivity contribution in [3.8, 4) is 11.1 Å². The molecular formula is C74H86BN3. The molecule has 3 aliphatic heterocycles. The zero-order valence-corrected chi connectivity index (χ0v) is 50.5. The van der Waals surface area contributed by atoms with E-state index in [2.05, 4.69) is 260 Å². The van der Waals surface area contributed by atoms with Crippen molar-refractivity contribution < 1.29 is 0 Å². The lowest BCUT2D eigenvalue weighted by molar-refractivity contribution is 0.195. The van der Waals surface area contributed by atoms with Crippen LogP contribution in [0.4, 0.5) is 45.5 Å². The highest BCUT2D eigenvalue weighted by Gasteiger charge is 2.58. The number of rotatable bonds is 4. The van der Waals surface area contributed by atoms with E-state index in [1.165, 1.54) is 150 Å². The number of fused-ring (bicyclic) bond motifs is 9. The van der Waals surface area contributed by atoms with Crippen molar-refractivity contribution in [3.05, 3.63) is 172 Å². The van der Waals surface area contributed by atoms with Crippen LogP contribution in [-0.4, -0.2) is 12.3 Å². The van der Waals surface area contributed by atoms with Gasteiger partial charge in [-0.3, -0.25) is 0 Å². The fourth-order valence-electron chi connectivity index (χ4n) is 16.6. The van der Waals surface area contributed by atoms with Gasteiger partial charge in [0.05, 0.1) is 11.2 Å². The molecule has 400 valence electrons. The first-order chi connectivity index (χ1) is 36.5.